The molecule has 9 nitrogen and oxygen atoms in total. The fraction of sp³-hybridized carbons (Fsp3) is 0.294. The summed E-state index contributed by atoms with van der Waals surface area (Å²) in [6.07, 6.45) is 2.05. The number of benzene rings is 3. The van der Waals surface area contributed by atoms with E-state index < -0.39 is 12.1 Å². The number of carboxylic acid groups (broad SMARTS) is 1. The van der Waals surface area contributed by atoms with Crippen LogP contribution in [0.1, 0.15) is 34.7 Å². The van der Waals surface area contributed by atoms with Crippen LogP contribution in [-0.2, 0) is 9.53 Å². The molecule has 1 atom stereocenters. The van der Waals surface area contributed by atoms with E-state index >= 15 is 0 Å². The van der Waals surface area contributed by atoms with E-state index in [9.17, 15) is 9.59 Å². The molecule has 3 aromatic carbocycles. The van der Waals surface area contributed by atoms with E-state index in [0.29, 0.717) is 28.5 Å². The van der Waals surface area contributed by atoms with Gasteiger partial charge in [0.2, 0.25) is 0 Å². The molecule has 4 rings (SSSR count). The molecule has 0 bridgehead atoms. The van der Waals surface area contributed by atoms with Crippen molar-refractivity contribution in [2.75, 3.05) is 53.0 Å². The summed E-state index contributed by atoms with van der Waals surface area (Å²) >= 11 is 6.18. The highest BCUT2D eigenvalue weighted by atomic mass is 35.5. The fourth-order valence-electron chi connectivity index (χ4n) is 4.97. The molecule has 230 valence electrons. The number of piperazine rings is 1. The van der Waals surface area contributed by atoms with Crippen molar-refractivity contribution in [2.45, 2.75) is 12.5 Å². The topological polar surface area (TPSA) is 109 Å². The Bertz CT molecular complexity index is 1480. The first kappa shape index (κ1) is 32.6. The van der Waals surface area contributed by atoms with Gasteiger partial charge in [0.15, 0.2) is 0 Å². The van der Waals surface area contributed by atoms with Crippen molar-refractivity contribution in [1.29, 1.82) is 0 Å². The lowest BCUT2D eigenvalue weighted by molar-refractivity contribution is -0.134. The molecule has 1 amide bonds. The minimum Gasteiger partial charge on any atom is -0.492 e. The van der Waals surface area contributed by atoms with Crippen LogP contribution in [-0.4, -0.2) is 85.0 Å². The van der Waals surface area contributed by atoms with Gasteiger partial charge in [0.25, 0.3) is 0 Å². The van der Waals surface area contributed by atoms with Crippen LogP contribution in [0.25, 0.3) is 6.08 Å². The zero-order valence-corrected chi connectivity index (χ0v) is 25.5. The maximum absolute atomic E-state index is 11.7. The van der Waals surface area contributed by atoms with Gasteiger partial charge in [0, 0.05) is 61.4 Å². The Balaban J connectivity index is 1.35. The number of hydrogen-bond donors (Lipinski definition) is 2. The maximum atomic E-state index is 11.7. The Labute approximate surface area is 263 Å². The van der Waals surface area contributed by atoms with Gasteiger partial charge in [0.1, 0.15) is 12.4 Å². The molecule has 0 aliphatic carbocycles. The number of carbonyl (C=O) groups excluding carboxylic acids is 1. The third kappa shape index (κ3) is 9.59. The number of hydrogen-bond acceptors (Lipinski definition) is 7. The standard InChI is InChI=1S/C34H37ClN4O5/c1-43-32(40)17-13-29-25-26(7-5-6-18-39(36)34(41)42)10-16-31(29)44-24-23-37-19-21-38(22-20-37)33(27-8-3-2-4-9-27)28-11-14-30(35)15-12-28/h2-4,8-17,25,33H,6,18-24,36H2,1H3,(H,41,42)/b17-13+/t33-/m1/s1. The second-order valence-corrected chi connectivity index (χ2v) is 10.7. The second-order valence-electron chi connectivity index (χ2n) is 10.2. The molecule has 1 aliphatic rings. The van der Waals surface area contributed by atoms with Crippen LogP contribution in [0.4, 0.5) is 4.79 Å². The molecule has 3 N–H and O–H groups in total. The van der Waals surface area contributed by atoms with E-state index in [1.54, 1.807) is 6.08 Å². The van der Waals surface area contributed by atoms with Crippen LogP contribution >= 0.6 is 11.6 Å². The van der Waals surface area contributed by atoms with Crippen molar-refractivity contribution in [1.82, 2.24) is 14.8 Å². The number of methoxy groups -OCH3 is 1. The summed E-state index contributed by atoms with van der Waals surface area (Å²) in [5.74, 6) is 11.5. The van der Waals surface area contributed by atoms with Crippen molar-refractivity contribution >= 4 is 29.7 Å². The zero-order valence-electron chi connectivity index (χ0n) is 24.7. The smallest absolute Gasteiger partial charge is 0.421 e. The third-order valence-corrected chi connectivity index (χ3v) is 7.56. The van der Waals surface area contributed by atoms with Gasteiger partial charge in [-0.05, 0) is 47.5 Å². The zero-order chi connectivity index (χ0) is 31.3. The van der Waals surface area contributed by atoms with Crippen LogP contribution in [0.15, 0.2) is 78.9 Å². The number of nitrogens with zero attached hydrogens (tertiary/aromatic N) is 3. The minimum atomic E-state index is -1.21. The van der Waals surface area contributed by atoms with E-state index in [1.165, 1.54) is 24.3 Å². The van der Waals surface area contributed by atoms with Crippen molar-refractivity contribution < 1.29 is 24.2 Å². The molecular formula is C34H37ClN4O5. The monoisotopic (exact) mass is 616 g/mol. The van der Waals surface area contributed by atoms with Gasteiger partial charge in [-0.1, -0.05) is 65.9 Å². The summed E-state index contributed by atoms with van der Waals surface area (Å²) in [6.45, 7) is 4.98. The van der Waals surface area contributed by atoms with Gasteiger partial charge < -0.3 is 14.6 Å². The number of carbonyl (C=O) groups is 2. The molecule has 0 saturated carbocycles. The largest absolute Gasteiger partial charge is 0.492 e. The highest BCUT2D eigenvalue weighted by Gasteiger charge is 2.26. The fourth-order valence-corrected chi connectivity index (χ4v) is 5.10. The molecule has 3 aromatic rings. The SMILES string of the molecule is COC(=O)/C=C/c1cc(C#CCCN(N)C(=O)O)ccc1OCCN1CCN([C@H](c2ccccc2)c2ccc(Cl)cc2)CC1. The third-order valence-electron chi connectivity index (χ3n) is 7.30. The Hall–Kier alpha value is -4.33. The number of rotatable bonds is 11. The number of halogens is 1. The molecule has 1 saturated heterocycles. The van der Waals surface area contributed by atoms with E-state index in [4.69, 9.17) is 32.0 Å². The lowest BCUT2D eigenvalue weighted by atomic mass is 9.96. The lowest BCUT2D eigenvalue weighted by Crippen LogP contribution is -2.48. The summed E-state index contributed by atoms with van der Waals surface area (Å²) in [4.78, 5) is 27.5. The Kier molecular flexibility index (Phi) is 12.2. The van der Waals surface area contributed by atoms with Crippen LogP contribution in [0, 0.1) is 11.8 Å². The number of nitrogens with two attached hydrogens (primary N) is 1. The van der Waals surface area contributed by atoms with Gasteiger partial charge >= 0.3 is 12.1 Å². The number of esters is 1. The molecule has 1 aliphatic heterocycles. The summed E-state index contributed by atoms with van der Waals surface area (Å²) in [6, 6.07) is 24.3. The summed E-state index contributed by atoms with van der Waals surface area (Å²) < 4.78 is 10.9. The molecule has 1 heterocycles. The molecule has 0 radical (unpaired) electrons. The Morgan fingerprint density at radius 1 is 1.05 bits per heavy atom. The predicted octanol–water partition coefficient (Wildman–Crippen LogP) is 4.91. The van der Waals surface area contributed by atoms with E-state index in [1.807, 2.05) is 36.4 Å². The first-order chi connectivity index (χ1) is 21.3. The summed E-state index contributed by atoms with van der Waals surface area (Å²) in [5.41, 5.74) is 3.87. The van der Waals surface area contributed by atoms with E-state index in [2.05, 4.69) is 58.0 Å². The molecular weight excluding hydrogens is 580 g/mol. The molecule has 1 fully saturated rings. The highest BCUT2D eigenvalue weighted by Crippen LogP contribution is 2.30. The summed E-state index contributed by atoms with van der Waals surface area (Å²) in [5, 5.41) is 10.3. The average Bonchev–Trinajstić information content (AvgIpc) is 3.04. The first-order valence-corrected chi connectivity index (χ1v) is 14.8. The normalized spacial score (nSPS) is 14.4. The minimum absolute atomic E-state index is 0.0981. The maximum Gasteiger partial charge on any atom is 0.421 e. The highest BCUT2D eigenvalue weighted by molar-refractivity contribution is 6.30. The van der Waals surface area contributed by atoms with Crippen molar-refractivity contribution in [3.63, 3.8) is 0 Å². The van der Waals surface area contributed by atoms with Gasteiger partial charge in [-0.2, -0.15) is 0 Å². The van der Waals surface area contributed by atoms with E-state index in [-0.39, 0.29) is 19.0 Å². The molecule has 10 heteroatoms. The van der Waals surface area contributed by atoms with Gasteiger partial charge in [-0.15, -0.1) is 0 Å². The first-order valence-electron chi connectivity index (χ1n) is 14.4. The quantitative estimate of drug-likeness (QED) is 0.0782. The van der Waals surface area contributed by atoms with Gasteiger partial charge in [-0.3, -0.25) is 9.80 Å². The van der Waals surface area contributed by atoms with Crippen LogP contribution in [0.2, 0.25) is 5.02 Å². The van der Waals surface area contributed by atoms with Gasteiger partial charge in [-0.25, -0.2) is 20.4 Å². The number of amides is 1. The van der Waals surface area contributed by atoms with Crippen molar-refractivity contribution in [3.8, 4) is 17.6 Å². The summed E-state index contributed by atoms with van der Waals surface area (Å²) in [7, 11) is 1.32. The molecule has 0 spiro atoms. The number of hydrazine groups is 1. The number of ether oxygens (including phenoxy) is 2. The molecule has 0 unspecified atom stereocenters. The van der Waals surface area contributed by atoms with Crippen molar-refractivity contribution in [3.05, 3.63) is 106 Å². The van der Waals surface area contributed by atoms with Crippen LogP contribution in [0.5, 0.6) is 5.75 Å². The Morgan fingerprint density at radius 2 is 1.75 bits per heavy atom. The van der Waals surface area contributed by atoms with Crippen molar-refractivity contribution in [2.24, 2.45) is 5.84 Å². The predicted molar refractivity (Wildman–Crippen MR) is 171 cm³/mol. The lowest BCUT2D eigenvalue weighted by Gasteiger charge is -2.39. The van der Waals surface area contributed by atoms with Gasteiger partial charge in [0.05, 0.1) is 19.7 Å². The average molecular weight is 617 g/mol. The second kappa shape index (κ2) is 16.5. The van der Waals surface area contributed by atoms with E-state index in [0.717, 1.165) is 37.7 Å². The van der Waals surface area contributed by atoms with Crippen LogP contribution in [0.3, 0.4) is 0 Å². The molecule has 44 heavy (non-hydrogen) atoms. The van der Waals surface area contributed by atoms with Crippen LogP contribution < -0.4 is 10.6 Å². The molecule has 0 aromatic heterocycles. The Morgan fingerprint density at radius 3 is 2.43 bits per heavy atom.